The van der Waals surface area contributed by atoms with E-state index in [4.69, 9.17) is 4.74 Å². The molecule has 2 aromatic rings. The van der Waals surface area contributed by atoms with Crippen molar-refractivity contribution in [3.63, 3.8) is 0 Å². The van der Waals surface area contributed by atoms with E-state index in [1.165, 1.54) is 0 Å². The second-order valence-electron chi connectivity index (χ2n) is 8.26. The van der Waals surface area contributed by atoms with Crippen LogP contribution in [0.4, 0.5) is 10.5 Å². The largest absolute Gasteiger partial charge is 0.496 e. The lowest BCUT2D eigenvalue weighted by atomic mass is 9.92. The summed E-state index contributed by atoms with van der Waals surface area (Å²) in [5, 5.41) is 2.73. The lowest BCUT2D eigenvalue weighted by Gasteiger charge is -2.22. The van der Waals surface area contributed by atoms with E-state index in [2.05, 4.69) is 5.32 Å². The molecule has 2 aliphatic heterocycles. The summed E-state index contributed by atoms with van der Waals surface area (Å²) in [6.45, 7) is 1.89. The molecule has 0 aromatic heterocycles. The van der Waals surface area contributed by atoms with E-state index >= 15 is 0 Å². The highest BCUT2D eigenvalue weighted by atomic mass is 16.5. The number of imide groups is 1. The van der Waals surface area contributed by atoms with Gasteiger partial charge in [0.05, 0.1) is 13.7 Å². The Bertz CT molecular complexity index is 1100. The average molecular weight is 435 g/mol. The van der Waals surface area contributed by atoms with Crippen LogP contribution >= 0.6 is 0 Å². The maximum absolute atomic E-state index is 13.1. The van der Waals surface area contributed by atoms with Gasteiger partial charge < -0.3 is 15.0 Å². The molecule has 0 unspecified atom stereocenters. The molecule has 0 saturated carbocycles. The first kappa shape index (κ1) is 21.5. The molecule has 2 aliphatic rings. The van der Waals surface area contributed by atoms with Crippen molar-refractivity contribution in [3.05, 3.63) is 59.7 Å². The average Bonchev–Trinajstić information content (AvgIpc) is 3.30. The second kappa shape index (κ2) is 8.45. The van der Waals surface area contributed by atoms with Crippen molar-refractivity contribution in [1.29, 1.82) is 0 Å². The SMILES string of the molecule is COc1ccccc1C[C@]1(C)NC(=O)N(CC(=O)c2cccc(N3CCCC3=O)c2)C1=O. The summed E-state index contributed by atoms with van der Waals surface area (Å²) in [5.74, 6) is -0.189. The summed E-state index contributed by atoms with van der Waals surface area (Å²) < 4.78 is 5.35. The number of amides is 4. The maximum atomic E-state index is 13.1. The van der Waals surface area contributed by atoms with Crippen LogP contribution in [0.25, 0.3) is 0 Å². The van der Waals surface area contributed by atoms with Gasteiger partial charge >= 0.3 is 6.03 Å². The molecule has 2 heterocycles. The molecule has 4 rings (SSSR count). The Hall–Kier alpha value is -3.68. The van der Waals surface area contributed by atoms with Gasteiger partial charge in [-0.15, -0.1) is 0 Å². The Kier molecular flexibility index (Phi) is 5.69. The van der Waals surface area contributed by atoms with E-state index in [1.807, 2.05) is 18.2 Å². The summed E-state index contributed by atoms with van der Waals surface area (Å²) >= 11 is 0. The minimum absolute atomic E-state index is 0.0239. The van der Waals surface area contributed by atoms with Crippen LogP contribution in [0.1, 0.15) is 35.7 Å². The first-order chi connectivity index (χ1) is 15.3. The third kappa shape index (κ3) is 3.95. The van der Waals surface area contributed by atoms with Crippen molar-refractivity contribution in [3.8, 4) is 5.75 Å². The van der Waals surface area contributed by atoms with Crippen LogP contribution in [0, 0.1) is 0 Å². The standard InChI is InChI=1S/C24H25N3O5/c1-24(14-17-7-3-4-10-20(17)32-2)22(30)27(23(31)25-24)15-19(28)16-8-5-9-18(13-16)26-12-6-11-21(26)29/h3-5,7-10,13H,6,11-12,14-15H2,1-2H3,(H,25,31)/t24-/m0/s1. The number of hydrogen-bond acceptors (Lipinski definition) is 5. The predicted molar refractivity (Wildman–Crippen MR) is 118 cm³/mol. The van der Waals surface area contributed by atoms with E-state index in [9.17, 15) is 19.2 Å². The van der Waals surface area contributed by atoms with Crippen LogP contribution in [-0.2, 0) is 16.0 Å². The van der Waals surface area contributed by atoms with Gasteiger partial charge in [-0.3, -0.25) is 19.3 Å². The number of urea groups is 1. The number of ether oxygens (including phenoxy) is 1. The monoisotopic (exact) mass is 435 g/mol. The number of nitrogens with zero attached hydrogens (tertiary/aromatic N) is 2. The van der Waals surface area contributed by atoms with E-state index in [0.717, 1.165) is 16.9 Å². The summed E-state index contributed by atoms with van der Waals surface area (Å²) in [7, 11) is 1.55. The summed E-state index contributed by atoms with van der Waals surface area (Å²) in [4.78, 5) is 53.2. The van der Waals surface area contributed by atoms with Crippen LogP contribution in [-0.4, -0.2) is 54.3 Å². The van der Waals surface area contributed by atoms with Crippen LogP contribution in [0.15, 0.2) is 48.5 Å². The Labute approximate surface area is 186 Å². The number of carbonyl (C=O) groups excluding carboxylic acids is 4. The predicted octanol–water partition coefficient (Wildman–Crippen LogP) is 2.56. The number of anilines is 1. The number of carbonyl (C=O) groups is 4. The summed E-state index contributed by atoms with van der Waals surface area (Å²) in [5.41, 5.74) is 0.593. The maximum Gasteiger partial charge on any atom is 0.325 e. The van der Waals surface area contributed by atoms with E-state index < -0.39 is 17.5 Å². The fraction of sp³-hybridized carbons (Fsp3) is 0.333. The van der Waals surface area contributed by atoms with Gasteiger partial charge in [0.25, 0.3) is 5.91 Å². The van der Waals surface area contributed by atoms with E-state index in [1.54, 1.807) is 49.3 Å². The van der Waals surface area contributed by atoms with Gasteiger partial charge in [-0.25, -0.2) is 4.79 Å². The van der Waals surface area contributed by atoms with Gasteiger partial charge in [-0.2, -0.15) is 0 Å². The molecule has 0 radical (unpaired) electrons. The minimum Gasteiger partial charge on any atom is -0.496 e. The first-order valence-electron chi connectivity index (χ1n) is 10.5. The van der Waals surface area contributed by atoms with Gasteiger partial charge in [0.1, 0.15) is 11.3 Å². The molecule has 166 valence electrons. The molecular formula is C24H25N3O5. The number of benzene rings is 2. The fourth-order valence-electron chi connectivity index (χ4n) is 4.24. The van der Waals surface area contributed by atoms with Crippen molar-refractivity contribution < 1.29 is 23.9 Å². The summed E-state index contributed by atoms with van der Waals surface area (Å²) in [6.07, 6.45) is 1.51. The van der Waals surface area contributed by atoms with Crippen molar-refractivity contribution in [2.45, 2.75) is 31.7 Å². The van der Waals surface area contributed by atoms with Crippen LogP contribution in [0.5, 0.6) is 5.75 Å². The number of hydrogen-bond donors (Lipinski definition) is 1. The second-order valence-corrected chi connectivity index (χ2v) is 8.26. The molecule has 2 saturated heterocycles. The van der Waals surface area contributed by atoms with E-state index in [0.29, 0.717) is 30.0 Å². The first-order valence-corrected chi connectivity index (χ1v) is 10.5. The van der Waals surface area contributed by atoms with Gasteiger partial charge in [0, 0.05) is 30.6 Å². The molecule has 8 nitrogen and oxygen atoms in total. The lowest BCUT2D eigenvalue weighted by molar-refractivity contribution is -0.130. The Balaban J connectivity index is 1.50. The topological polar surface area (TPSA) is 96.0 Å². The number of ketones is 1. The van der Waals surface area contributed by atoms with Crippen molar-refractivity contribution in [2.75, 3.05) is 25.1 Å². The normalized spacial score (nSPS) is 20.6. The zero-order chi connectivity index (χ0) is 22.9. The molecule has 2 fully saturated rings. The van der Waals surface area contributed by atoms with Crippen molar-refractivity contribution in [2.24, 2.45) is 0 Å². The molecule has 1 N–H and O–H groups in total. The number of rotatable bonds is 7. The quantitative estimate of drug-likeness (QED) is 0.533. The van der Waals surface area contributed by atoms with E-state index in [-0.39, 0.29) is 24.7 Å². The Morgan fingerprint density at radius 1 is 1.12 bits per heavy atom. The molecule has 0 spiro atoms. The molecule has 2 aromatic carbocycles. The van der Waals surface area contributed by atoms with Crippen LogP contribution < -0.4 is 15.0 Å². The highest BCUT2D eigenvalue weighted by molar-refractivity contribution is 6.11. The number of para-hydroxylation sites is 1. The van der Waals surface area contributed by atoms with Gasteiger partial charge in [-0.1, -0.05) is 30.3 Å². The molecule has 0 bridgehead atoms. The highest BCUT2D eigenvalue weighted by Crippen LogP contribution is 2.28. The van der Waals surface area contributed by atoms with Gasteiger partial charge in [0.15, 0.2) is 5.78 Å². The Morgan fingerprint density at radius 2 is 1.91 bits per heavy atom. The van der Waals surface area contributed by atoms with Gasteiger partial charge in [0.2, 0.25) is 5.91 Å². The molecule has 1 atom stereocenters. The highest BCUT2D eigenvalue weighted by Gasteiger charge is 2.48. The minimum atomic E-state index is -1.18. The third-order valence-corrected chi connectivity index (χ3v) is 5.94. The number of nitrogens with one attached hydrogen (secondary N) is 1. The fourth-order valence-corrected chi connectivity index (χ4v) is 4.24. The van der Waals surface area contributed by atoms with Crippen LogP contribution in [0.2, 0.25) is 0 Å². The molecule has 32 heavy (non-hydrogen) atoms. The zero-order valence-corrected chi connectivity index (χ0v) is 18.1. The van der Waals surface area contributed by atoms with Crippen LogP contribution in [0.3, 0.4) is 0 Å². The van der Waals surface area contributed by atoms with Crippen molar-refractivity contribution in [1.82, 2.24) is 10.2 Å². The zero-order valence-electron chi connectivity index (χ0n) is 18.1. The smallest absolute Gasteiger partial charge is 0.325 e. The molecule has 8 heteroatoms. The lowest BCUT2D eigenvalue weighted by Crippen LogP contribution is -2.46. The molecule has 0 aliphatic carbocycles. The number of methoxy groups -OCH3 is 1. The Morgan fingerprint density at radius 3 is 2.62 bits per heavy atom. The third-order valence-electron chi connectivity index (χ3n) is 5.94. The molecule has 4 amide bonds. The van der Waals surface area contributed by atoms with Crippen molar-refractivity contribution >= 4 is 29.3 Å². The van der Waals surface area contributed by atoms with Gasteiger partial charge in [-0.05, 0) is 37.1 Å². The number of Topliss-reactive ketones (excluding diaryl/α,β-unsaturated/α-hetero) is 1. The summed E-state index contributed by atoms with van der Waals surface area (Å²) in [6, 6.07) is 13.4. The molecular weight excluding hydrogens is 410 g/mol.